The molecule has 0 bridgehead atoms. The Balaban J connectivity index is 1.36. The summed E-state index contributed by atoms with van der Waals surface area (Å²) in [6.45, 7) is 7.21. The van der Waals surface area contributed by atoms with Crippen molar-refractivity contribution in [1.82, 2.24) is 20.4 Å². The van der Waals surface area contributed by atoms with Crippen molar-refractivity contribution in [3.8, 4) is 0 Å². The largest absolute Gasteiger partial charge is 0.353 e. The number of carbonyl (C=O) groups is 1. The van der Waals surface area contributed by atoms with Crippen LogP contribution in [0.4, 0.5) is 0 Å². The summed E-state index contributed by atoms with van der Waals surface area (Å²) >= 11 is 0. The Bertz CT molecular complexity index is 689. The van der Waals surface area contributed by atoms with Gasteiger partial charge < -0.3 is 5.32 Å². The van der Waals surface area contributed by atoms with E-state index in [1.54, 1.807) is 0 Å². The van der Waals surface area contributed by atoms with Crippen LogP contribution in [0.15, 0.2) is 36.4 Å². The van der Waals surface area contributed by atoms with E-state index in [0.717, 1.165) is 50.3 Å². The lowest BCUT2D eigenvalue weighted by Crippen LogP contribution is -2.38. The molecule has 1 aromatic carbocycles. The quantitative estimate of drug-likeness (QED) is 0.803. The molecule has 2 N–H and O–H groups in total. The first-order valence-corrected chi connectivity index (χ1v) is 9.65. The highest BCUT2D eigenvalue weighted by Crippen LogP contribution is 2.22. The van der Waals surface area contributed by atoms with Gasteiger partial charge in [0.1, 0.15) is 0 Å². The van der Waals surface area contributed by atoms with E-state index >= 15 is 0 Å². The number of hydrogen-bond donors (Lipinski definition) is 2. The topological polar surface area (TPSA) is 61.0 Å². The number of aryl methyl sites for hydroxylation is 1. The first kappa shape index (κ1) is 18.6. The van der Waals surface area contributed by atoms with E-state index in [-0.39, 0.29) is 11.9 Å². The second kappa shape index (κ2) is 8.99. The van der Waals surface area contributed by atoms with E-state index in [0.29, 0.717) is 12.3 Å². The summed E-state index contributed by atoms with van der Waals surface area (Å²) in [6.07, 6.45) is 3.62. The molecule has 0 saturated carbocycles. The molecule has 5 nitrogen and oxygen atoms in total. The van der Waals surface area contributed by atoms with Gasteiger partial charge in [-0.25, -0.2) is 0 Å². The molecule has 26 heavy (non-hydrogen) atoms. The molecule has 1 aliphatic heterocycles. The van der Waals surface area contributed by atoms with E-state index in [2.05, 4.69) is 50.7 Å². The molecule has 2 heterocycles. The minimum absolute atomic E-state index is 0.114. The number of piperidine rings is 1. The number of hydrogen-bond acceptors (Lipinski definition) is 3. The second-order valence-electron chi connectivity index (χ2n) is 7.62. The van der Waals surface area contributed by atoms with Crippen LogP contribution in [0.2, 0.25) is 0 Å². The molecule has 1 fully saturated rings. The third-order valence-electron chi connectivity index (χ3n) is 5.11. The van der Waals surface area contributed by atoms with Crippen molar-refractivity contribution < 1.29 is 4.79 Å². The first-order chi connectivity index (χ1) is 12.6. The fourth-order valence-corrected chi connectivity index (χ4v) is 3.73. The minimum Gasteiger partial charge on any atom is -0.353 e. The zero-order valence-electron chi connectivity index (χ0n) is 15.9. The number of carbonyl (C=O) groups excluding carboxylic acids is 1. The van der Waals surface area contributed by atoms with Gasteiger partial charge in [0.05, 0.1) is 5.69 Å². The number of likely N-dealkylation sites (tertiary alicyclic amines) is 1. The van der Waals surface area contributed by atoms with Gasteiger partial charge in [-0.2, -0.15) is 5.10 Å². The number of aromatic amines is 1. The molecule has 1 saturated heterocycles. The summed E-state index contributed by atoms with van der Waals surface area (Å²) in [5.41, 5.74) is 3.43. The average molecular weight is 354 g/mol. The lowest BCUT2D eigenvalue weighted by atomic mass is 9.92. The minimum atomic E-state index is 0.114. The van der Waals surface area contributed by atoms with Crippen LogP contribution in [0.25, 0.3) is 0 Å². The molecule has 1 aromatic heterocycles. The maximum absolute atomic E-state index is 12.3. The van der Waals surface area contributed by atoms with Crippen molar-refractivity contribution in [1.29, 1.82) is 0 Å². The molecule has 140 valence electrons. The number of benzene rings is 1. The predicted molar refractivity (Wildman–Crippen MR) is 104 cm³/mol. The zero-order chi connectivity index (χ0) is 18.4. The lowest BCUT2D eigenvalue weighted by molar-refractivity contribution is -0.123. The Labute approximate surface area is 156 Å². The van der Waals surface area contributed by atoms with Gasteiger partial charge in [-0.15, -0.1) is 0 Å². The van der Waals surface area contributed by atoms with Crippen molar-refractivity contribution >= 4 is 5.91 Å². The molecule has 0 radical (unpaired) electrons. The Hall–Kier alpha value is -2.14. The first-order valence-electron chi connectivity index (χ1n) is 9.65. The molecule has 1 atom stereocenters. The standard InChI is InChI=1S/C21H30N4O/c1-16(12-20-13-17(2)23-24-20)22-21(26)14-18-8-10-25(11-9-18)15-19-6-4-3-5-7-19/h3-7,13,16,18H,8-12,14-15H2,1-2H3,(H,22,26)(H,23,24). The lowest BCUT2D eigenvalue weighted by Gasteiger charge is -2.31. The van der Waals surface area contributed by atoms with Crippen molar-refractivity contribution in [2.75, 3.05) is 13.1 Å². The van der Waals surface area contributed by atoms with Crippen LogP contribution in [-0.4, -0.2) is 40.1 Å². The molecule has 0 aliphatic carbocycles. The van der Waals surface area contributed by atoms with Gasteiger partial charge in [0.25, 0.3) is 0 Å². The van der Waals surface area contributed by atoms with Crippen LogP contribution in [0.1, 0.15) is 43.1 Å². The summed E-state index contributed by atoms with van der Waals surface area (Å²) < 4.78 is 0. The smallest absolute Gasteiger partial charge is 0.220 e. The third kappa shape index (κ3) is 5.70. The second-order valence-corrected chi connectivity index (χ2v) is 7.62. The van der Waals surface area contributed by atoms with Gasteiger partial charge in [-0.05, 0) is 57.3 Å². The summed E-state index contributed by atoms with van der Waals surface area (Å²) in [5, 5.41) is 10.3. The van der Waals surface area contributed by atoms with Crippen molar-refractivity contribution in [2.24, 2.45) is 5.92 Å². The molecule has 3 rings (SSSR count). The Morgan fingerprint density at radius 1 is 1.31 bits per heavy atom. The zero-order valence-corrected chi connectivity index (χ0v) is 15.9. The van der Waals surface area contributed by atoms with Crippen LogP contribution in [0.3, 0.4) is 0 Å². The molecular formula is C21H30N4O. The Morgan fingerprint density at radius 3 is 2.69 bits per heavy atom. The molecule has 1 unspecified atom stereocenters. The number of H-pyrrole nitrogens is 1. The van der Waals surface area contributed by atoms with Gasteiger partial charge >= 0.3 is 0 Å². The van der Waals surface area contributed by atoms with Gasteiger partial charge in [0.2, 0.25) is 5.91 Å². The highest BCUT2D eigenvalue weighted by Gasteiger charge is 2.22. The maximum Gasteiger partial charge on any atom is 0.220 e. The summed E-state index contributed by atoms with van der Waals surface area (Å²) in [4.78, 5) is 14.8. The van der Waals surface area contributed by atoms with Crippen LogP contribution < -0.4 is 5.32 Å². The fraction of sp³-hybridized carbons (Fsp3) is 0.524. The van der Waals surface area contributed by atoms with E-state index in [1.165, 1.54) is 5.56 Å². The number of nitrogens with one attached hydrogen (secondary N) is 2. The SMILES string of the molecule is Cc1cc(CC(C)NC(=O)CC2CCN(Cc3ccccc3)CC2)n[nH]1. The van der Waals surface area contributed by atoms with Crippen LogP contribution in [0.5, 0.6) is 0 Å². The Kier molecular flexibility index (Phi) is 6.45. The number of aromatic nitrogens is 2. The monoisotopic (exact) mass is 354 g/mol. The van der Waals surface area contributed by atoms with Gasteiger partial charge in [0, 0.05) is 31.1 Å². The molecule has 0 spiro atoms. The van der Waals surface area contributed by atoms with Crippen molar-refractivity contribution in [3.63, 3.8) is 0 Å². The molecule has 2 aromatic rings. The highest BCUT2D eigenvalue weighted by molar-refractivity contribution is 5.76. The fourth-order valence-electron chi connectivity index (χ4n) is 3.73. The average Bonchev–Trinajstić information content (AvgIpc) is 3.02. The molecular weight excluding hydrogens is 324 g/mol. The summed E-state index contributed by atoms with van der Waals surface area (Å²) in [7, 11) is 0. The van der Waals surface area contributed by atoms with E-state index in [9.17, 15) is 4.79 Å². The number of rotatable bonds is 7. The van der Waals surface area contributed by atoms with E-state index in [1.807, 2.05) is 19.9 Å². The van der Waals surface area contributed by atoms with Crippen LogP contribution >= 0.6 is 0 Å². The van der Waals surface area contributed by atoms with Gasteiger partial charge in [-0.3, -0.25) is 14.8 Å². The number of amides is 1. The summed E-state index contributed by atoms with van der Waals surface area (Å²) in [5.74, 6) is 0.674. The molecule has 5 heteroatoms. The summed E-state index contributed by atoms with van der Waals surface area (Å²) in [6, 6.07) is 12.8. The van der Waals surface area contributed by atoms with Crippen molar-refractivity contribution in [3.05, 3.63) is 53.3 Å². The van der Waals surface area contributed by atoms with E-state index in [4.69, 9.17) is 0 Å². The normalized spacial score (nSPS) is 17.2. The van der Waals surface area contributed by atoms with Gasteiger partial charge in [0.15, 0.2) is 0 Å². The third-order valence-corrected chi connectivity index (χ3v) is 5.11. The van der Waals surface area contributed by atoms with E-state index < -0.39 is 0 Å². The van der Waals surface area contributed by atoms with Crippen LogP contribution in [0, 0.1) is 12.8 Å². The maximum atomic E-state index is 12.3. The van der Waals surface area contributed by atoms with Crippen molar-refractivity contribution in [2.45, 2.75) is 52.1 Å². The molecule has 1 amide bonds. The highest BCUT2D eigenvalue weighted by atomic mass is 16.1. The molecule has 1 aliphatic rings. The Morgan fingerprint density at radius 2 is 2.04 bits per heavy atom. The van der Waals surface area contributed by atoms with Gasteiger partial charge in [-0.1, -0.05) is 30.3 Å². The number of nitrogens with zero attached hydrogens (tertiary/aromatic N) is 2. The predicted octanol–water partition coefficient (Wildman–Crippen LogP) is 3.07. The van der Waals surface area contributed by atoms with Crippen LogP contribution in [-0.2, 0) is 17.8 Å².